The maximum Gasteiger partial charge on any atom is 0.243 e. The van der Waals surface area contributed by atoms with Crippen molar-refractivity contribution in [3.8, 4) is 0 Å². The average Bonchev–Trinajstić information content (AvgIpc) is 2.38. The highest BCUT2D eigenvalue weighted by atomic mass is 35.5. The lowest BCUT2D eigenvalue weighted by Crippen LogP contribution is -2.35. The third kappa shape index (κ3) is 3.25. The zero-order valence-electron chi connectivity index (χ0n) is 11.1. The summed E-state index contributed by atoms with van der Waals surface area (Å²) in [6.45, 7) is 3.97. The molecule has 0 aliphatic heterocycles. The van der Waals surface area contributed by atoms with Crippen molar-refractivity contribution in [3.05, 3.63) is 29.8 Å². The van der Waals surface area contributed by atoms with E-state index in [1.807, 2.05) is 13.8 Å². The van der Waals surface area contributed by atoms with Crippen LogP contribution in [0.2, 0.25) is 0 Å². The van der Waals surface area contributed by atoms with Gasteiger partial charge in [0.05, 0.1) is 4.90 Å². The summed E-state index contributed by atoms with van der Waals surface area (Å²) in [7, 11) is -1.83. The molecule has 18 heavy (non-hydrogen) atoms. The summed E-state index contributed by atoms with van der Waals surface area (Å²) in [4.78, 5) is 0.311. The standard InChI is InChI=1S/C13H20ClNO2S/c1-4-7-11(2)15(3)18(16,17)13-9-6-5-8-12(13)10-14/h5-6,8-9,11H,4,7,10H2,1-3H3. The van der Waals surface area contributed by atoms with Gasteiger partial charge in [-0.1, -0.05) is 31.5 Å². The second-order valence-corrected chi connectivity index (χ2v) is 6.63. The summed E-state index contributed by atoms with van der Waals surface area (Å²) >= 11 is 5.80. The van der Waals surface area contributed by atoms with Gasteiger partial charge in [0.15, 0.2) is 0 Å². The quantitative estimate of drug-likeness (QED) is 0.754. The summed E-state index contributed by atoms with van der Waals surface area (Å²) in [5.74, 6) is 0.200. The van der Waals surface area contributed by atoms with E-state index >= 15 is 0 Å². The van der Waals surface area contributed by atoms with Gasteiger partial charge in [0, 0.05) is 19.0 Å². The molecule has 0 amide bonds. The molecular formula is C13H20ClNO2S. The number of sulfonamides is 1. The van der Waals surface area contributed by atoms with E-state index in [1.165, 1.54) is 4.31 Å². The topological polar surface area (TPSA) is 37.4 Å². The molecule has 1 rings (SSSR count). The van der Waals surface area contributed by atoms with Gasteiger partial charge in [-0.15, -0.1) is 11.6 Å². The summed E-state index contributed by atoms with van der Waals surface area (Å²) in [6, 6.07) is 6.87. The van der Waals surface area contributed by atoms with E-state index in [1.54, 1.807) is 31.3 Å². The molecule has 0 heterocycles. The van der Waals surface area contributed by atoms with Crippen molar-refractivity contribution in [3.63, 3.8) is 0 Å². The van der Waals surface area contributed by atoms with Crippen LogP contribution in [0.1, 0.15) is 32.3 Å². The molecule has 0 saturated heterocycles. The average molecular weight is 290 g/mol. The van der Waals surface area contributed by atoms with Crippen LogP contribution in [0.5, 0.6) is 0 Å². The van der Waals surface area contributed by atoms with Gasteiger partial charge in [0.25, 0.3) is 0 Å². The van der Waals surface area contributed by atoms with E-state index in [0.29, 0.717) is 10.5 Å². The number of benzene rings is 1. The molecule has 0 aromatic heterocycles. The van der Waals surface area contributed by atoms with Crippen LogP contribution >= 0.6 is 11.6 Å². The maximum atomic E-state index is 12.5. The Kier molecular flexibility index (Phi) is 5.63. The summed E-state index contributed by atoms with van der Waals surface area (Å²) in [6.07, 6.45) is 1.80. The van der Waals surface area contributed by atoms with E-state index in [0.717, 1.165) is 12.8 Å². The van der Waals surface area contributed by atoms with Gasteiger partial charge >= 0.3 is 0 Å². The van der Waals surface area contributed by atoms with E-state index in [-0.39, 0.29) is 11.9 Å². The molecule has 1 aromatic carbocycles. The molecule has 0 N–H and O–H groups in total. The molecule has 0 radical (unpaired) electrons. The molecule has 102 valence electrons. The van der Waals surface area contributed by atoms with E-state index in [9.17, 15) is 8.42 Å². The highest BCUT2D eigenvalue weighted by molar-refractivity contribution is 7.89. The second kappa shape index (κ2) is 6.55. The van der Waals surface area contributed by atoms with Gasteiger partial charge < -0.3 is 0 Å². The molecule has 0 aliphatic rings. The van der Waals surface area contributed by atoms with Crippen LogP contribution in [0.25, 0.3) is 0 Å². The number of nitrogens with zero attached hydrogens (tertiary/aromatic N) is 1. The highest BCUT2D eigenvalue weighted by Gasteiger charge is 2.26. The third-order valence-corrected chi connectivity index (χ3v) is 5.46. The van der Waals surface area contributed by atoms with Crippen LogP contribution in [0.4, 0.5) is 0 Å². The van der Waals surface area contributed by atoms with Crippen LogP contribution in [0, 0.1) is 0 Å². The summed E-state index contributed by atoms with van der Waals surface area (Å²) < 4.78 is 26.4. The first-order valence-corrected chi connectivity index (χ1v) is 8.04. The first kappa shape index (κ1) is 15.5. The van der Waals surface area contributed by atoms with Gasteiger partial charge in [-0.25, -0.2) is 8.42 Å². The Morgan fingerprint density at radius 2 is 1.94 bits per heavy atom. The lowest BCUT2D eigenvalue weighted by molar-refractivity contribution is 0.368. The van der Waals surface area contributed by atoms with Gasteiger partial charge in [-0.2, -0.15) is 4.31 Å². The molecule has 1 atom stereocenters. The molecule has 3 nitrogen and oxygen atoms in total. The van der Waals surface area contributed by atoms with Crippen LogP contribution in [-0.4, -0.2) is 25.8 Å². The number of alkyl halides is 1. The summed E-state index contributed by atoms with van der Waals surface area (Å²) in [5, 5.41) is 0. The van der Waals surface area contributed by atoms with Crippen LogP contribution in [0.3, 0.4) is 0 Å². The van der Waals surface area contributed by atoms with E-state index < -0.39 is 10.0 Å². The van der Waals surface area contributed by atoms with Crippen LogP contribution in [-0.2, 0) is 15.9 Å². The monoisotopic (exact) mass is 289 g/mol. The maximum absolute atomic E-state index is 12.5. The molecule has 0 aliphatic carbocycles. The largest absolute Gasteiger partial charge is 0.243 e. The Morgan fingerprint density at radius 1 is 1.33 bits per heavy atom. The first-order chi connectivity index (χ1) is 8.45. The number of rotatable bonds is 6. The lowest BCUT2D eigenvalue weighted by atomic mass is 10.2. The zero-order valence-corrected chi connectivity index (χ0v) is 12.6. The molecular weight excluding hydrogens is 270 g/mol. The van der Waals surface area contributed by atoms with Crippen LogP contribution in [0.15, 0.2) is 29.2 Å². The molecule has 0 fully saturated rings. The zero-order chi connectivity index (χ0) is 13.8. The Morgan fingerprint density at radius 3 is 2.50 bits per heavy atom. The number of hydrogen-bond donors (Lipinski definition) is 0. The van der Waals surface area contributed by atoms with Crippen molar-refractivity contribution < 1.29 is 8.42 Å². The first-order valence-electron chi connectivity index (χ1n) is 6.07. The Balaban J connectivity index is 3.13. The van der Waals surface area contributed by atoms with Crippen molar-refractivity contribution in [2.24, 2.45) is 0 Å². The molecule has 0 saturated carbocycles. The van der Waals surface area contributed by atoms with Gasteiger partial charge in [-0.3, -0.25) is 0 Å². The fraction of sp³-hybridized carbons (Fsp3) is 0.538. The molecule has 0 spiro atoms. The Bertz CT molecular complexity index is 488. The van der Waals surface area contributed by atoms with Gasteiger partial charge in [0.1, 0.15) is 0 Å². The molecule has 1 aromatic rings. The lowest BCUT2D eigenvalue weighted by Gasteiger charge is -2.24. The minimum atomic E-state index is -3.45. The fourth-order valence-corrected chi connectivity index (χ4v) is 3.78. The minimum Gasteiger partial charge on any atom is -0.207 e. The van der Waals surface area contributed by atoms with Gasteiger partial charge in [0.2, 0.25) is 10.0 Å². The van der Waals surface area contributed by atoms with Crippen molar-refractivity contribution in [1.82, 2.24) is 4.31 Å². The minimum absolute atomic E-state index is 0.0108. The smallest absolute Gasteiger partial charge is 0.207 e. The fourth-order valence-electron chi connectivity index (χ4n) is 1.86. The SMILES string of the molecule is CCCC(C)N(C)S(=O)(=O)c1ccccc1CCl. The summed E-state index contributed by atoms with van der Waals surface area (Å²) in [5.41, 5.74) is 0.648. The molecule has 1 unspecified atom stereocenters. The van der Waals surface area contributed by atoms with Crippen molar-refractivity contribution in [2.75, 3.05) is 7.05 Å². The third-order valence-electron chi connectivity index (χ3n) is 3.10. The molecule has 0 bridgehead atoms. The van der Waals surface area contributed by atoms with E-state index in [4.69, 9.17) is 11.6 Å². The predicted molar refractivity (Wildman–Crippen MR) is 75.3 cm³/mol. The number of hydrogen-bond acceptors (Lipinski definition) is 2. The number of halogens is 1. The molecule has 5 heteroatoms. The van der Waals surface area contributed by atoms with Gasteiger partial charge in [-0.05, 0) is 25.0 Å². The predicted octanol–water partition coefficient (Wildman–Crippen LogP) is 3.23. The van der Waals surface area contributed by atoms with Crippen molar-refractivity contribution in [2.45, 2.75) is 43.5 Å². The van der Waals surface area contributed by atoms with Crippen molar-refractivity contribution in [1.29, 1.82) is 0 Å². The second-order valence-electron chi connectivity index (χ2n) is 4.40. The highest BCUT2D eigenvalue weighted by Crippen LogP contribution is 2.23. The Labute approximate surface area is 115 Å². The van der Waals surface area contributed by atoms with E-state index in [2.05, 4.69) is 0 Å². The van der Waals surface area contributed by atoms with Crippen LogP contribution < -0.4 is 0 Å². The Hall–Kier alpha value is -0.580. The van der Waals surface area contributed by atoms with Crippen molar-refractivity contribution >= 4 is 21.6 Å². The normalized spacial score (nSPS) is 13.8.